The molecule has 5 heteroatoms. The van der Waals surface area contributed by atoms with Crippen molar-refractivity contribution in [3.8, 4) is 0 Å². The summed E-state index contributed by atoms with van der Waals surface area (Å²) in [5.74, 6) is 0.0605. The Labute approximate surface area is 168 Å². The van der Waals surface area contributed by atoms with E-state index in [-0.39, 0.29) is 11.9 Å². The summed E-state index contributed by atoms with van der Waals surface area (Å²) in [5.41, 5.74) is 5.78. The number of rotatable bonds is 4. The van der Waals surface area contributed by atoms with Gasteiger partial charge in [-0.25, -0.2) is 0 Å². The minimum absolute atomic E-state index is 0.0605. The van der Waals surface area contributed by atoms with Crippen LogP contribution >= 0.6 is 22.7 Å². The van der Waals surface area contributed by atoms with Crippen molar-refractivity contribution < 1.29 is 4.79 Å². The maximum absolute atomic E-state index is 12.9. The van der Waals surface area contributed by atoms with Gasteiger partial charge in [-0.2, -0.15) is 0 Å². The lowest BCUT2D eigenvalue weighted by Crippen LogP contribution is -2.40. The van der Waals surface area contributed by atoms with Gasteiger partial charge >= 0.3 is 0 Å². The Morgan fingerprint density at radius 2 is 1.93 bits per heavy atom. The second-order valence-electron chi connectivity index (χ2n) is 7.26. The van der Waals surface area contributed by atoms with Crippen LogP contribution in [0.3, 0.4) is 0 Å². The summed E-state index contributed by atoms with van der Waals surface area (Å²) in [6.45, 7) is 7.52. The zero-order valence-corrected chi connectivity index (χ0v) is 17.5. The summed E-state index contributed by atoms with van der Waals surface area (Å²) in [5, 5.41) is 7.45. The molecule has 0 fully saturated rings. The first kappa shape index (κ1) is 18.4. The Morgan fingerprint density at radius 3 is 2.63 bits per heavy atom. The first-order valence-electron chi connectivity index (χ1n) is 9.24. The number of aryl methyl sites for hydroxylation is 3. The molecule has 3 nitrogen and oxygen atoms in total. The maximum atomic E-state index is 12.9. The van der Waals surface area contributed by atoms with Crippen LogP contribution < -0.4 is 5.32 Å². The Balaban J connectivity index is 1.56. The molecule has 1 aliphatic rings. The number of nitrogens with zero attached hydrogens (tertiary/aromatic N) is 1. The van der Waals surface area contributed by atoms with Crippen LogP contribution in [0.1, 0.15) is 38.0 Å². The number of amides is 1. The molecule has 4 rings (SSSR count). The van der Waals surface area contributed by atoms with Crippen LogP contribution in [0.4, 0.5) is 5.69 Å². The first-order chi connectivity index (χ1) is 13.0. The molecule has 3 heterocycles. The van der Waals surface area contributed by atoms with Crippen LogP contribution in [0.5, 0.6) is 0 Å². The van der Waals surface area contributed by atoms with E-state index in [9.17, 15) is 4.79 Å². The average Bonchev–Trinajstić information content (AvgIpc) is 3.29. The number of fused-ring (bicyclic) bond motifs is 1. The molecule has 1 N–H and O–H groups in total. The molecule has 0 radical (unpaired) electrons. The van der Waals surface area contributed by atoms with E-state index in [4.69, 9.17) is 0 Å². The van der Waals surface area contributed by atoms with Crippen molar-refractivity contribution in [2.24, 2.45) is 0 Å². The smallest absolute Gasteiger partial charge is 0.238 e. The SMILES string of the molecule is Cc1cc(C)c(NC(=O)CN2CCc3sccc3C2c2cccs2)c(C)c1. The fourth-order valence-electron chi connectivity index (χ4n) is 4.06. The van der Waals surface area contributed by atoms with Crippen LogP contribution in [-0.2, 0) is 11.2 Å². The highest BCUT2D eigenvalue weighted by atomic mass is 32.1. The van der Waals surface area contributed by atoms with Gasteiger partial charge in [-0.05, 0) is 66.8 Å². The molecule has 0 saturated carbocycles. The summed E-state index contributed by atoms with van der Waals surface area (Å²) in [6.07, 6.45) is 1.02. The van der Waals surface area contributed by atoms with Gasteiger partial charge in [0.05, 0.1) is 12.6 Å². The molecule has 1 amide bonds. The topological polar surface area (TPSA) is 32.3 Å². The molecule has 27 heavy (non-hydrogen) atoms. The molecule has 140 valence electrons. The normalized spacial score (nSPS) is 16.9. The molecule has 0 spiro atoms. The van der Waals surface area contributed by atoms with Gasteiger partial charge in [-0.15, -0.1) is 22.7 Å². The maximum Gasteiger partial charge on any atom is 0.238 e. The van der Waals surface area contributed by atoms with Gasteiger partial charge in [-0.3, -0.25) is 9.69 Å². The van der Waals surface area contributed by atoms with Crippen LogP contribution in [-0.4, -0.2) is 23.9 Å². The zero-order chi connectivity index (χ0) is 19.0. The van der Waals surface area contributed by atoms with Crippen LogP contribution in [0.15, 0.2) is 41.1 Å². The molecule has 0 aliphatic carbocycles. The minimum Gasteiger partial charge on any atom is -0.324 e. The van der Waals surface area contributed by atoms with E-state index in [1.807, 2.05) is 11.3 Å². The lowest BCUT2D eigenvalue weighted by atomic mass is 9.98. The summed E-state index contributed by atoms with van der Waals surface area (Å²) >= 11 is 3.60. The summed E-state index contributed by atoms with van der Waals surface area (Å²) in [7, 11) is 0. The third-order valence-electron chi connectivity index (χ3n) is 5.17. The molecule has 1 unspecified atom stereocenters. The number of nitrogens with one attached hydrogen (secondary N) is 1. The number of carbonyl (C=O) groups is 1. The van der Waals surface area contributed by atoms with E-state index in [0.29, 0.717) is 6.54 Å². The average molecular weight is 397 g/mol. The molecule has 1 aromatic carbocycles. The van der Waals surface area contributed by atoms with Crippen LogP contribution in [0.2, 0.25) is 0 Å². The predicted molar refractivity (Wildman–Crippen MR) is 115 cm³/mol. The lowest BCUT2D eigenvalue weighted by Gasteiger charge is -2.35. The van der Waals surface area contributed by atoms with Crippen molar-refractivity contribution in [1.29, 1.82) is 0 Å². The van der Waals surface area contributed by atoms with Crippen LogP contribution in [0.25, 0.3) is 0 Å². The molecular formula is C22H24N2OS2. The molecular weight excluding hydrogens is 372 g/mol. The highest BCUT2D eigenvalue weighted by Crippen LogP contribution is 2.39. The Hall–Kier alpha value is -1.95. The Morgan fingerprint density at radius 1 is 1.15 bits per heavy atom. The first-order valence-corrected chi connectivity index (χ1v) is 11.0. The van der Waals surface area contributed by atoms with Crippen molar-refractivity contribution in [2.45, 2.75) is 33.2 Å². The van der Waals surface area contributed by atoms with Gasteiger partial charge in [0.25, 0.3) is 0 Å². The van der Waals surface area contributed by atoms with Crippen molar-refractivity contribution >= 4 is 34.3 Å². The number of hydrogen-bond acceptors (Lipinski definition) is 4. The van der Waals surface area contributed by atoms with Gasteiger partial charge in [0, 0.05) is 22.0 Å². The summed E-state index contributed by atoms with van der Waals surface area (Å²) < 4.78 is 0. The number of benzene rings is 1. The molecule has 2 aromatic heterocycles. The molecule has 0 bridgehead atoms. The highest BCUT2D eigenvalue weighted by Gasteiger charge is 2.31. The Bertz CT molecular complexity index is 936. The molecule has 1 atom stereocenters. The number of carbonyl (C=O) groups excluding carboxylic acids is 1. The lowest BCUT2D eigenvalue weighted by molar-refractivity contribution is -0.117. The Kier molecular flexibility index (Phi) is 5.17. The van der Waals surface area contributed by atoms with Crippen molar-refractivity contribution in [1.82, 2.24) is 4.90 Å². The zero-order valence-electron chi connectivity index (χ0n) is 15.9. The van der Waals surface area contributed by atoms with E-state index in [0.717, 1.165) is 29.8 Å². The molecule has 0 saturated heterocycles. The second kappa shape index (κ2) is 7.58. The second-order valence-corrected chi connectivity index (χ2v) is 9.24. The van der Waals surface area contributed by atoms with Gasteiger partial charge in [0.15, 0.2) is 0 Å². The number of hydrogen-bond donors (Lipinski definition) is 1. The third kappa shape index (κ3) is 3.72. The monoisotopic (exact) mass is 396 g/mol. The standard InChI is InChI=1S/C22H24N2OS2/c1-14-11-15(2)21(16(3)12-14)23-20(25)13-24-8-6-18-17(7-10-27-18)22(24)19-5-4-9-26-19/h4-5,7,9-12,22H,6,8,13H2,1-3H3,(H,23,25). The minimum atomic E-state index is 0.0605. The third-order valence-corrected chi connectivity index (χ3v) is 7.09. The summed E-state index contributed by atoms with van der Waals surface area (Å²) in [4.78, 5) is 18.0. The van der Waals surface area contributed by atoms with Gasteiger partial charge in [-0.1, -0.05) is 23.8 Å². The largest absolute Gasteiger partial charge is 0.324 e. The van der Waals surface area contributed by atoms with Gasteiger partial charge < -0.3 is 5.32 Å². The van der Waals surface area contributed by atoms with Crippen molar-refractivity contribution in [3.63, 3.8) is 0 Å². The highest BCUT2D eigenvalue weighted by molar-refractivity contribution is 7.10. The van der Waals surface area contributed by atoms with Crippen molar-refractivity contribution in [3.05, 3.63) is 73.1 Å². The molecule has 3 aromatic rings. The fourth-order valence-corrected chi connectivity index (χ4v) is 5.84. The van der Waals surface area contributed by atoms with Gasteiger partial charge in [0.1, 0.15) is 0 Å². The van der Waals surface area contributed by atoms with Crippen molar-refractivity contribution in [2.75, 3.05) is 18.4 Å². The number of anilines is 1. The van der Waals surface area contributed by atoms with E-state index in [1.54, 1.807) is 11.3 Å². The predicted octanol–water partition coefficient (Wildman–Crippen LogP) is 5.32. The van der Waals surface area contributed by atoms with E-state index in [2.05, 4.69) is 72.1 Å². The van der Waals surface area contributed by atoms with E-state index < -0.39 is 0 Å². The molecule has 1 aliphatic heterocycles. The summed E-state index contributed by atoms with van der Waals surface area (Å²) in [6, 6.07) is 10.9. The van der Waals surface area contributed by atoms with Gasteiger partial charge in [0.2, 0.25) is 5.91 Å². The van der Waals surface area contributed by atoms with E-state index in [1.165, 1.54) is 20.9 Å². The van der Waals surface area contributed by atoms with E-state index >= 15 is 0 Å². The fraction of sp³-hybridized carbons (Fsp3) is 0.318. The number of thiophene rings is 2. The quantitative estimate of drug-likeness (QED) is 0.647. The van der Waals surface area contributed by atoms with Crippen LogP contribution in [0, 0.1) is 20.8 Å².